The molecule has 3 nitrogen and oxygen atoms in total. The van der Waals surface area contributed by atoms with Crippen molar-refractivity contribution in [2.24, 2.45) is 0 Å². The number of hydrogen-bond acceptors (Lipinski definition) is 3. The topological polar surface area (TPSA) is 33.5 Å². The van der Waals surface area contributed by atoms with E-state index in [4.69, 9.17) is 4.42 Å². The van der Waals surface area contributed by atoms with Gasteiger partial charge in [-0.25, -0.2) is 0 Å². The van der Waals surface area contributed by atoms with Crippen LogP contribution in [0.1, 0.15) is 29.8 Å². The molecular formula is C10H12BrNO2. The molecule has 0 amide bonds. The van der Waals surface area contributed by atoms with E-state index in [0.29, 0.717) is 5.76 Å². The summed E-state index contributed by atoms with van der Waals surface area (Å²) in [6, 6.07) is 1.72. The van der Waals surface area contributed by atoms with Crippen molar-refractivity contribution in [3.63, 3.8) is 0 Å². The minimum absolute atomic E-state index is 0.387. The van der Waals surface area contributed by atoms with Crippen molar-refractivity contribution in [3.8, 4) is 0 Å². The monoisotopic (exact) mass is 257 g/mol. The number of halogens is 1. The van der Waals surface area contributed by atoms with E-state index < -0.39 is 0 Å². The van der Waals surface area contributed by atoms with Crippen LogP contribution in [0.15, 0.2) is 15.0 Å². The van der Waals surface area contributed by atoms with Gasteiger partial charge in [-0.3, -0.25) is 4.79 Å². The maximum absolute atomic E-state index is 10.5. The number of hydrogen-bond donors (Lipinski definition) is 0. The number of rotatable bonds is 2. The summed E-state index contributed by atoms with van der Waals surface area (Å²) in [7, 11) is 0. The highest BCUT2D eigenvalue weighted by molar-refractivity contribution is 9.10. The van der Waals surface area contributed by atoms with Crippen molar-refractivity contribution in [1.29, 1.82) is 0 Å². The average molecular weight is 258 g/mol. The molecular weight excluding hydrogens is 246 g/mol. The predicted octanol–water partition coefficient (Wildman–Crippen LogP) is 2.84. The van der Waals surface area contributed by atoms with Gasteiger partial charge in [0.15, 0.2) is 12.0 Å². The van der Waals surface area contributed by atoms with E-state index in [9.17, 15) is 4.79 Å². The molecule has 0 aromatic carbocycles. The van der Waals surface area contributed by atoms with Gasteiger partial charge in [-0.05, 0) is 35.2 Å². The molecule has 0 N–H and O–H groups in total. The molecule has 4 heteroatoms. The van der Waals surface area contributed by atoms with Crippen LogP contribution in [-0.2, 0) is 0 Å². The summed E-state index contributed by atoms with van der Waals surface area (Å²) in [6.07, 6.45) is 4.42. The van der Waals surface area contributed by atoms with Crippen LogP contribution < -0.4 is 4.90 Å². The number of nitrogens with zero attached hydrogens (tertiary/aromatic N) is 1. The lowest BCUT2D eigenvalue weighted by atomic mass is 10.1. The first kappa shape index (κ1) is 9.77. The summed E-state index contributed by atoms with van der Waals surface area (Å²) in [5, 5.41) is 0. The van der Waals surface area contributed by atoms with Crippen LogP contribution in [0.3, 0.4) is 0 Å². The highest BCUT2D eigenvalue weighted by atomic mass is 79.9. The third kappa shape index (κ3) is 1.85. The van der Waals surface area contributed by atoms with Gasteiger partial charge in [0.25, 0.3) is 0 Å². The molecule has 0 spiro atoms. The Hall–Kier alpha value is -0.770. The number of aldehydes is 1. The first-order valence-corrected chi connectivity index (χ1v) is 5.60. The van der Waals surface area contributed by atoms with Crippen LogP contribution in [0.4, 0.5) is 5.88 Å². The minimum atomic E-state index is 0.387. The molecule has 1 aliphatic rings. The molecule has 2 rings (SSSR count). The summed E-state index contributed by atoms with van der Waals surface area (Å²) >= 11 is 3.40. The van der Waals surface area contributed by atoms with Crippen molar-refractivity contribution in [3.05, 3.63) is 16.3 Å². The van der Waals surface area contributed by atoms with Crippen LogP contribution in [0, 0.1) is 0 Å². The van der Waals surface area contributed by atoms with Crippen LogP contribution in [-0.4, -0.2) is 19.4 Å². The van der Waals surface area contributed by atoms with Crippen molar-refractivity contribution in [2.75, 3.05) is 18.0 Å². The number of carbonyl (C=O) groups is 1. The maximum Gasteiger partial charge on any atom is 0.210 e. The molecule has 14 heavy (non-hydrogen) atoms. The molecule has 1 saturated heterocycles. The zero-order valence-electron chi connectivity index (χ0n) is 7.83. The minimum Gasteiger partial charge on any atom is -0.436 e. The Kier molecular flexibility index (Phi) is 2.91. The first-order chi connectivity index (χ1) is 6.81. The van der Waals surface area contributed by atoms with Crippen LogP contribution >= 0.6 is 15.9 Å². The fourth-order valence-corrected chi connectivity index (χ4v) is 2.30. The van der Waals surface area contributed by atoms with Gasteiger partial charge < -0.3 is 9.32 Å². The van der Waals surface area contributed by atoms with Crippen LogP contribution in [0.2, 0.25) is 0 Å². The molecule has 2 heterocycles. The Balaban J connectivity index is 2.20. The van der Waals surface area contributed by atoms with E-state index in [1.807, 2.05) is 0 Å². The summed E-state index contributed by atoms with van der Waals surface area (Å²) < 4.78 is 6.29. The zero-order chi connectivity index (χ0) is 9.97. The molecule has 0 atom stereocenters. The van der Waals surface area contributed by atoms with Crippen molar-refractivity contribution < 1.29 is 9.21 Å². The molecule has 0 radical (unpaired) electrons. The standard InChI is InChI=1S/C10H12BrNO2/c11-9-6-8(7-13)14-10(9)12-4-2-1-3-5-12/h6-7H,1-5H2. The SMILES string of the molecule is O=Cc1cc(Br)c(N2CCCCC2)o1. The second-order valence-electron chi connectivity index (χ2n) is 3.47. The predicted molar refractivity (Wildman–Crippen MR) is 57.9 cm³/mol. The third-order valence-corrected chi connectivity index (χ3v) is 3.02. The maximum atomic E-state index is 10.5. The van der Waals surface area contributed by atoms with Gasteiger partial charge in [0, 0.05) is 19.2 Å². The number of anilines is 1. The highest BCUT2D eigenvalue weighted by Crippen LogP contribution is 2.31. The highest BCUT2D eigenvalue weighted by Gasteiger charge is 2.18. The Bertz CT molecular complexity index is 329. The lowest BCUT2D eigenvalue weighted by molar-refractivity contribution is 0.110. The van der Waals surface area contributed by atoms with Gasteiger partial charge in [0.2, 0.25) is 5.88 Å². The molecule has 0 saturated carbocycles. The van der Waals surface area contributed by atoms with Gasteiger partial charge in [-0.15, -0.1) is 0 Å². The van der Waals surface area contributed by atoms with Gasteiger partial charge in [-0.1, -0.05) is 0 Å². The summed E-state index contributed by atoms with van der Waals surface area (Å²) in [6.45, 7) is 2.04. The second-order valence-corrected chi connectivity index (χ2v) is 4.32. The summed E-state index contributed by atoms with van der Waals surface area (Å²) in [5.41, 5.74) is 0. The zero-order valence-corrected chi connectivity index (χ0v) is 9.42. The lowest BCUT2D eigenvalue weighted by Gasteiger charge is -2.26. The molecule has 0 aliphatic carbocycles. The Morgan fingerprint density at radius 2 is 2.07 bits per heavy atom. The number of piperidine rings is 1. The Morgan fingerprint density at radius 1 is 1.36 bits per heavy atom. The average Bonchev–Trinajstić information content (AvgIpc) is 2.61. The van der Waals surface area contributed by atoms with Crippen molar-refractivity contribution in [1.82, 2.24) is 0 Å². The molecule has 0 unspecified atom stereocenters. The summed E-state index contributed by atoms with van der Waals surface area (Å²) in [5.74, 6) is 1.18. The third-order valence-electron chi connectivity index (χ3n) is 2.45. The molecule has 1 aliphatic heterocycles. The quantitative estimate of drug-likeness (QED) is 0.765. The van der Waals surface area contributed by atoms with Gasteiger partial charge >= 0.3 is 0 Å². The van der Waals surface area contributed by atoms with E-state index in [-0.39, 0.29) is 0 Å². The largest absolute Gasteiger partial charge is 0.436 e. The molecule has 1 aromatic rings. The second kappa shape index (κ2) is 4.17. The van der Waals surface area contributed by atoms with E-state index in [1.165, 1.54) is 19.3 Å². The van der Waals surface area contributed by atoms with Gasteiger partial charge in [0.1, 0.15) is 0 Å². The lowest BCUT2D eigenvalue weighted by Crippen LogP contribution is -2.29. The number of furan rings is 1. The molecule has 76 valence electrons. The smallest absolute Gasteiger partial charge is 0.210 e. The molecule has 1 aromatic heterocycles. The van der Waals surface area contributed by atoms with Gasteiger partial charge in [0.05, 0.1) is 4.47 Å². The van der Waals surface area contributed by atoms with Crippen LogP contribution in [0.5, 0.6) is 0 Å². The van der Waals surface area contributed by atoms with Crippen molar-refractivity contribution in [2.45, 2.75) is 19.3 Å². The molecule has 1 fully saturated rings. The van der Waals surface area contributed by atoms with E-state index in [0.717, 1.165) is 29.7 Å². The van der Waals surface area contributed by atoms with E-state index in [1.54, 1.807) is 6.07 Å². The summed E-state index contributed by atoms with van der Waals surface area (Å²) in [4.78, 5) is 12.7. The molecule has 0 bridgehead atoms. The fraction of sp³-hybridized carbons (Fsp3) is 0.500. The normalized spacial score (nSPS) is 17.1. The number of carbonyl (C=O) groups excluding carboxylic acids is 1. The van der Waals surface area contributed by atoms with Gasteiger partial charge in [-0.2, -0.15) is 0 Å². The van der Waals surface area contributed by atoms with E-state index >= 15 is 0 Å². The fourth-order valence-electron chi connectivity index (χ4n) is 1.75. The first-order valence-electron chi connectivity index (χ1n) is 4.81. The Labute approximate surface area is 91.2 Å². The van der Waals surface area contributed by atoms with Crippen molar-refractivity contribution >= 4 is 28.1 Å². The van der Waals surface area contributed by atoms with Crippen LogP contribution in [0.25, 0.3) is 0 Å². The Morgan fingerprint density at radius 3 is 2.64 bits per heavy atom. The van der Waals surface area contributed by atoms with E-state index in [2.05, 4.69) is 20.8 Å².